The van der Waals surface area contributed by atoms with Crippen LogP contribution in [0.2, 0.25) is 0 Å². The molecule has 0 aromatic carbocycles. The predicted molar refractivity (Wildman–Crippen MR) is 23.3 cm³/mol. The molecule has 1 nitrogen and oxygen atoms in total. The average molecular weight is 71.4 g/mol. The molecule has 0 unspecified atom stereocenters. The van der Waals surface area contributed by atoms with E-state index in [1.54, 1.807) is 0 Å². The number of rotatable bonds is 0. The summed E-state index contributed by atoms with van der Waals surface area (Å²) >= 11 is 0. The molecule has 0 spiro atoms. The van der Waals surface area contributed by atoms with E-state index >= 15 is 0 Å². The van der Waals surface area contributed by atoms with Gasteiger partial charge < -0.3 is 5.73 Å². The fourth-order valence-electron chi connectivity index (χ4n) is 0. The van der Waals surface area contributed by atoms with E-state index in [0.717, 1.165) is 6.54 Å². The van der Waals surface area contributed by atoms with Gasteiger partial charge in [0.1, 0.15) is 0 Å². The van der Waals surface area contributed by atoms with Crippen molar-refractivity contribution >= 4 is 23.1 Å². The van der Waals surface area contributed by atoms with Crippen molar-refractivity contribution in [1.82, 2.24) is 0 Å². The first-order valence-corrected chi connectivity index (χ1v) is 1.12. The van der Waals surface area contributed by atoms with E-state index in [4.69, 9.17) is 5.73 Å². The second kappa shape index (κ2) is 9.29. The Morgan fingerprint density at radius 3 is 1.75 bits per heavy atom. The third-order valence-electron chi connectivity index (χ3n) is 0. The van der Waals surface area contributed by atoms with Gasteiger partial charge in [-0.05, 0) is 6.54 Å². The fourth-order valence-corrected chi connectivity index (χ4v) is 0. The number of hydrogen-bond donors (Lipinski definition) is 1. The van der Waals surface area contributed by atoms with Gasteiger partial charge >= 0.3 is 23.1 Å². The molecule has 0 aromatic heterocycles. The molecule has 4 heavy (non-hydrogen) atoms. The Hall–Kier alpha value is 0.726. The summed E-state index contributed by atoms with van der Waals surface area (Å²) in [6.07, 6.45) is 0. The zero-order chi connectivity index (χ0) is 2.71. The van der Waals surface area contributed by atoms with Gasteiger partial charge in [0.2, 0.25) is 0 Å². The van der Waals surface area contributed by atoms with Crippen LogP contribution in [0.15, 0.2) is 0 Å². The first-order valence-electron chi connectivity index (χ1n) is 1.12. The number of nitrogens with two attached hydrogens (primary N) is 1. The molecule has 0 bridgehead atoms. The number of hydrogen-bond acceptors (Lipinski definition) is 1. The highest BCUT2D eigenvalue weighted by molar-refractivity contribution is 5.75. The Morgan fingerprint density at radius 1 is 1.75 bits per heavy atom. The van der Waals surface area contributed by atoms with Crippen LogP contribution in [0.3, 0.4) is 0 Å². The van der Waals surface area contributed by atoms with Crippen LogP contribution in [-0.4, -0.2) is 29.6 Å². The van der Waals surface area contributed by atoms with Crippen molar-refractivity contribution in [2.45, 2.75) is 6.92 Å². The van der Waals surface area contributed by atoms with Crippen LogP contribution in [0.25, 0.3) is 0 Å². The third-order valence-corrected chi connectivity index (χ3v) is 0. The van der Waals surface area contributed by atoms with Gasteiger partial charge in [0.15, 0.2) is 0 Å². The quantitative estimate of drug-likeness (QED) is 0.366. The summed E-state index contributed by atoms with van der Waals surface area (Å²) in [6.45, 7) is 2.65. The molecule has 0 heterocycles. The molecule has 0 radical (unpaired) electrons. The van der Waals surface area contributed by atoms with E-state index in [1.165, 1.54) is 0 Å². The summed E-state index contributed by atoms with van der Waals surface area (Å²) in [5, 5.41) is 0. The standard InChI is InChI=1S/C2H7N.Mg.2H/c1-2-3;;;/h2-3H2,1H3;;;. The highest BCUT2D eigenvalue weighted by Gasteiger charge is 1.32. The first-order chi connectivity index (χ1) is 1.41. The largest absolute Gasteiger partial charge is 0.331 e. The van der Waals surface area contributed by atoms with Crippen LogP contribution in [-0.2, 0) is 0 Å². The van der Waals surface area contributed by atoms with E-state index in [2.05, 4.69) is 0 Å². The Balaban J connectivity index is 0. The highest BCUT2D eigenvalue weighted by atomic mass is 24.3. The van der Waals surface area contributed by atoms with Gasteiger partial charge in [0, 0.05) is 0 Å². The summed E-state index contributed by atoms with van der Waals surface area (Å²) in [5.74, 6) is 0. The normalized spacial score (nSPS) is 4.50. The zero-order valence-electron chi connectivity index (χ0n) is 2.28. The van der Waals surface area contributed by atoms with Gasteiger partial charge in [-0.15, -0.1) is 0 Å². The summed E-state index contributed by atoms with van der Waals surface area (Å²) in [5.41, 5.74) is 4.85. The van der Waals surface area contributed by atoms with Crippen molar-refractivity contribution in [3.05, 3.63) is 0 Å². The van der Waals surface area contributed by atoms with Crippen LogP contribution in [0.5, 0.6) is 0 Å². The van der Waals surface area contributed by atoms with Crippen molar-refractivity contribution in [2.75, 3.05) is 6.54 Å². The Morgan fingerprint density at radius 2 is 1.75 bits per heavy atom. The lowest BCUT2D eigenvalue weighted by Gasteiger charge is -1.53. The Labute approximate surface area is 42.7 Å². The van der Waals surface area contributed by atoms with Crippen LogP contribution in [0.4, 0.5) is 0 Å². The summed E-state index contributed by atoms with van der Waals surface area (Å²) in [6, 6.07) is 0. The summed E-state index contributed by atoms with van der Waals surface area (Å²) in [4.78, 5) is 0. The van der Waals surface area contributed by atoms with Crippen molar-refractivity contribution < 1.29 is 0 Å². The molecule has 0 aliphatic carbocycles. The van der Waals surface area contributed by atoms with Crippen LogP contribution in [0, 0.1) is 0 Å². The first kappa shape index (κ1) is 8.83. The van der Waals surface area contributed by atoms with Crippen molar-refractivity contribution in [2.24, 2.45) is 5.73 Å². The van der Waals surface area contributed by atoms with Crippen molar-refractivity contribution in [3.63, 3.8) is 0 Å². The minimum Gasteiger partial charge on any atom is -0.331 e. The Kier molecular flexibility index (Phi) is 20.5. The predicted octanol–water partition coefficient (Wildman–Crippen LogP) is -0.951. The molecule has 0 rings (SSSR count). The highest BCUT2D eigenvalue weighted by Crippen LogP contribution is 1.20. The molecule has 0 atom stereocenters. The molecule has 0 aliphatic heterocycles. The van der Waals surface area contributed by atoms with Crippen LogP contribution in [0.1, 0.15) is 6.92 Å². The van der Waals surface area contributed by atoms with Crippen molar-refractivity contribution in [3.8, 4) is 0 Å². The monoisotopic (exact) mass is 71.1 g/mol. The zero-order valence-corrected chi connectivity index (χ0v) is 2.28. The van der Waals surface area contributed by atoms with E-state index < -0.39 is 0 Å². The van der Waals surface area contributed by atoms with Gasteiger partial charge in [-0.3, -0.25) is 0 Å². The maximum atomic E-state index is 4.85. The van der Waals surface area contributed by atoms with Gasteiger partial charge in [0.05, 0.1) is 0 Å². The molecule has 0 aliphatic rings. The van der Waals surface area contributed by atoms with Gasteiger partial charge in [-0.25, -0.2) is 0 Å². The Bertz CT molecular complexity index is 6.00. The van der Waals surface area contributed by atoms with Gasteiger partial charge in [-0.2, -0.15) is 0 Å². The smallest absolute Gasteiger partial charge is 0.316 e. The second-order valence-corrected chi connectivity index (χ2v) is 0.408. The summed E-state index contributed by atoms with van der Waals surface area (Å²) in [7, 11) is 0. The molecule has 24 valence electrons. The lowest BCUT2D eigenvalue weighted by molar-refractivity contribution is 1.14. The topological polar surface area (TPSA) is 26.0 Å². The maximum Gasteiger partial charge on any atom is 0.316 e. The second-order valence-electron chi connectivity index (χ2n) is 0.408. The van der Waals surface area contributed by atoms with Crippen LogP contribution < -0.4 is 5.73 Å². The molecule has 0 fully saturated rings. The van der Waals surface area contributed by atoms with E-state index in [1.807, 2.05) is 6.92 Å². The molecule has 2 N–H and O–H groups in total. The molecular formula is C2H9MgN. The van der Waals surface area contributed by atoms with Crippen molar-refractivity contribution in [1.29, 1.82) is 0 Å². The summed E-state index contributed by atoms with van der Waals surface area (Å²) < 4.78 is 0. The van der Waals surface area contributed by atoms with E-state index in [0.29, 0.717) is 0 Å². The van der Waals surface area contributed by atoms with E-state index in [9.17, 15) is 0 Å². The SMILES string of the molecule is CCN.[MgH2]. The van der Waals surface area contributed by atoms with Gasteiger partial charge in [-0.1, -0.05) is 6.92 Å². The lowest BCUT2D eigenvalue weighted by atomic mass is 10.8. The lowest BCUT2D eigenvalue weighted by Crippen LogP contribution is -1.87. The minimum atomic E-state index is 0. The van der Waals surface area contributed by atoms with Crippen LogP contribution >= 0.6 is 0 Å². The minimum absolute atomic E-state index is 0. The molecule has 2 heteroatoms. The molecular weight excluding hydrogens is 62.3 g/mol. The maximum absolute atomic E-state index is 4.85. The third kappa shape index (κ3) is 15.4. The molecule has 0 saturated carbocycles. The molecule has 0 aromatic rings. The molecule has 0 amide bonds. The fraction of sp³-hybridized carbons (Fsp3) is 1.00. The van der Waals surface area contributed by atoms with Gasteiger partial charge in [0.25, 0.3) is 0 Å². The average Bonchev–Trinajstić information content (AvgIpc) is 0.918. The molecule has 0 saturated heterocycles. The van der Waals surface area contributed by atoms with E-state index in [-0.39, 0.29) is 23.1 Å².